The summed E-state index contributed by atoms with van der Waals surface area (Å²) in [7, 11) is -2.86. The number of nitrogens with zero attached hydrogens (tertiary/aromatic N) is 3. The van der Waals surface area contributed by atoms with Crippen LogP contribution in [-0.2, 0) is 21.7 Å². The van der Waals surface area contributed by atoms with Gasteiger partial charge in [0.25, 0.3) is 6.71 Å². The van der Waals surface area contributed by atoms with Crippen LogP contribution < -0.4 is 46.9 Å². The van der Waals surface area contributed by atoms with Crippen molar-refractivity contribution in [3.63, 3.8) is 0 Å². The molecule has 0 amide bonds. The summed E-state index contributed by atoms with van der Waals surface area (Å²) >= 11 is 0. The number of rotatable bonds is 12. The van der Waals surface area contributed by atoms with Crippen molar-refractivity contribution in [2.75, 3.05) is 9.80 Å². The Kier molecular flexibility index (Phi) is 17.3. The molecule has 0 saturated heterocycles. The van der Waals surface area contributed by atoms with Crippen LogP contribution in [0.1, 0.15) is 105 Å². The topological polar surface area (TPSA) is 11.4 Å². The molecule has 0 N–H and O–H groups in total. The van der Waals surface area contributed by atoms with E-state index in [1.807, 2.05) is 0 Å². The van der Waals surface area contributed by atoms with E-state index in [9.17, 15) is 0 Å². The Morgan fingerprint density at radius 3 is 1.04 bits per heavy atom. The second kappa shape index (κ2) is 27.2. The summed E-state index contributed by atoms with van der Waals surface area (Å²) in [5.74, 6) is 0. The average Bonchev–Trinajstić information content (AvgIpc) is 0.919. The van der Waals surface area contributed by atoms with Crippen LogP contribution in [-0.4, -0.2) is 19.4 Å². The van der Waals surface area contributed by atoms with E-state index in [2.05, 4.69) is 449 Å². The van der Waals surface area contributed by atoms with Crippen LogP contribution in [0.3, 0.4) is 0 Å². The fourth-order valence-corrected chi connectivity index (χ4v) is 22.6. The molecule has 1 aromatic heterocycles. The maximum atomic E-state index is 2.75. The van der Waals surface area contributed by atoms with Crippen molar-refractivity contribution in [3.8, 4) is 61.3 Å². The van der Waals surface area contributed by atoms with Gasteiger partial charge in [0.1, 0.15) is 0 Å². The second-order valence-corrected chi connectivity index (χ2v) is 38.7. The zero-order valence-corrected chi connectivity index (χ0v) is 66.9. The Bertz CT molecular complexity index is 5920. The summed E-state index contributed by atoms with van der Waals surface area (Å²) in [5.41, 5.74) is 30.2. The molecular formula is C106H94BN3Si. The first kappa shape index (κ1) is 70.6. The molecule has 0 unspecified atom stereocenters. The van der Waals surface area contributed by atoms with Gasteiger partial charge in [-0.3, -0.25) is 0 Å². The van der Waals surface area contributed by atoms with Crippen molar-refractivity contribution in [1.29, 1.82) is 0 Å². The van der Waals surface area contributed by atoms with Crippen LogP contribution in [0.2, 0.25) is 0 Å². The van der Waals surface area contributed by atoms with Gasteiger partial charge in [-0.15, -0.1) is 0 Å². The first-order valence-corrected chi connectivity index (χ1v) is 41.6. The van der Waals surface area contributed by atoms with Gasteiger partial charge in [0, 0.05) is 61.5 Å². The fraction of sp³-hybridized carbons (Fsp3) is 0.151. The third-order valence-corrected chi connectivity index (χ3v) is 28.5. The van der Waals surface area contributed by atoms with Gasteiger partial charge in [0.15, 0.2) is 8.07 Å². The van der Waals surface area contributed by atoms with Crippen LogP contribution in [0.15, 0.2) is 352 Å². The van der Waals surface area contributed by atoms with E-state index in [1.165, 1.54) is 92.3 Å². The van der Waals surface area contributed by atoms with E-state index in [4.69, 9.17) is 0 Å². The van der Waals surface area contributed by atoms with Gasteiger partial charge in [-0.1, -0.05) is 368 Å². The second-order valence-electron chi connectivity index (χ2n) is 34.9. The molecule has 0 radical (unpaired) electrons. The quantitative estimate of drug-likeness (QED) is 0.0892. The minimum absolute atomic E-state index is 0.0628. The number of benzene rings is 15. The molecule has 5 heteroatoms. The van der Waals surface area contributed by atoms with E-state index in [1.54, 1.807) is 0 Å². The lowest BCUT2D eigenvalue weighted by Crippen LogP contribution is -2.74. The highest BCUT2D eigenvalue weighted by atomic mass is 28.3. The Morgan fingerprint density at radius 1 is 0.243 bits per heavy atom. The predicted molar refractivity (Wildman–Crippen MR) is 480 cm³/mol. The van der Waals surface area contributed by atoms with Gasteiger partial charge >= 0.3 is 0 Å². The Morgan fingerprint density at radius 2 is 0.613 bits per heavy atom. The SMILES string of the molecule is CC(C)(C)c1cc(-c2ccccc2)c(N2c3cc(-n4c5ccc(C(C)(C)C)cc5c5cc(C(C)(C)C)ccc54)ccc3B3c4cc(-c5ccc([Si](c6ccccc6)(c6ccccc6)c6ccccc6)cc5)ccc4N(c4c(-c5ccccc5)cccc4-c4ccccc4)c4cc(C(C)(C)C)cc2c43)c(-c2ccccc2)c1. The highest BCUT2D eigenvalue weighted by Crippen LogP contribution is 2.55. The number of fused-ring (bicyclic) bond motifs is 7. The highest BCUT2D eigenvalue weighted by Gasteiger charge is 2.47. The number of anilines is 6. The summed E-state index contributed by atoms with van der Waals surface area (Å²) in [6, 6.07) is 135. The summed E-state index contributed by atoms with van der Waals surface area (Å²) < 4.78 is 2.57. The van der Waals surface area contributed by atoms with Gasteiger partial charge in [0.2, 0.25) is 0 Å². The molecule has 15 aromatic carbocycles. The van der Waals surface area contributed by atoms with Crippen LogP contribution in [0.5, 0.6) is 0 Å². The summed E-state index contributed by atoms with van der Waals surface area (Å²) in [4.78, 5) is 5.45. The lowest BCUT2D eigenvalue weighted by Gasteiger charge is -2.46. The molecule has 0 saturated carbocycles. The molecule has 3 nitrogen and oxygen atoms in total. The lowest BCUT2D eigenvalue weighted by atomic mass is 9.33. The highest BCUT2D eigenvalue weighted by molar-refractivity contribution is 7.20. The van der Waals surface area contributed by atoms with Crippen LogP contribution >= 0.6 is 0 Å². The van der Waals surface area contributed by atoms with E-state index in [0.717, 1.165) is 84.3 Å². The standard InChI is InChI=1S/C106H94BN3Si/c1-103(2,3)77-54-61-94-90(64-77)91-65-78(104(4,5)6)55-62-95(91)108(94)81-56-59-92-97(70-81)110(102-88(74-39-24-15-25-40-74)66-79(105(7,8)9)67-89(102)75-41-26-16-27-42-75)99-69-80(106(10,11)12)68-98-100(99)107(92)93-63-76(53-60-96(93)109(98)101-86(72-35-20-13-21-36-72)49-34-50-87(101)73-37-22-14-23-38-73)71-51-57-85(58-52-71)111(82-43-28-17-29-44-82,83-45-30-18-31-46-83)84-47-32-19-33-48-84/h13-70H,1-12H3. The third-order valence-electron chi connectivity index (χ3n) is 23.7. The molecule has 2 aliphatic rings. The monoisotopic (exact) mass is 1450 g/mol. The Hall–Kier alpha value is -12.0. The number of hydrogen-bond donors (Lipinski definition) is 0. The zero-order chi connectivity index (χ0) is 76.3. The molecule has 16 aromatic rings. The van der Waals surface area contributed by atoms with E-state index in [-0.39, 0.29) is 28.4 Å². The van der Waals surface area contributed by atoms with Crippen LogP contribution in [0, 0.1) is 0 Å². The average molecular weight is 1450 g/mol. The fourth-order valence-electron chi connectivity index (χ4n) is 17.9. The van der Waals surface area contributed by atoms with Crippen LogP contribution in [0.25, 0.3) is 83.1 Å². The number of hydrogen-bond acceptors (Lipinski definition) is 2. The van der Waals surface area contributed by atoms with Gasteiger partial charge < -0.3 is 14.4 Å². The first-order chi connectivity index (χ1) is 53.6. The van der Waals surface area contributed by atoms with Crippen molar-refractivity contribution in [3.05, 3.63) is 374 Å². The van der Waals surface area contributed by atoms with Crippen molar-refractivity contribution in [2.24, 2.45) is 0 Å². The predicted octanol–water partition coefficient (Wildman–Crippen LogP) is 23.8. The van der Waals surface area contributed by atoms with Gasteiger partial charge in [0.05, 0.1) is 22.4 Å². The van der Waals surface area contributed by atoms with Gasteiger partial charge in [-0.25, -0.2) is 0 Å². The van der Waals surface area contributed by atoms with Crippen LogP contribution in [0.4, 0.5) is 34.1 Å². The van der Waals surface area contributed by atoms with Gasteiger partial charge in [-0.05, 0) is 181 Å². The van der Waals surface area contributed by atoms with E-state index >= 15 is 0 Å². The molecule has 18 rings (SSSR count). The maximum Gasteiger partial charge on any atom is 0.252 e. The molecule has 111 heavy (non-hydrogen) atoms. The summed E-state index contributed by atoms with van der Waals surface area (Å²) in [6.07, 6.45) is 0. The Balaban J connectivity index is 0.981. The smallest absolute Gasteiger partial charge is 0.252 e. The van der Waals surface area contributed by atoms with Crippen molar-refractivity contribution in [1.82, 2.24) is 4.57 Å². The zero-order valence-electron chi connectivity index (χ0n) is 65.9. The molecule has 3 heterocycles. The largest absolute Gasteiger partial charge is 0.310 e. The van der Waals surface area contributed by atoms with E-state index < -0.39 is 8.07 Å². The molecular weight excluding hydrogens is 1350 g/mol. The molecule has 2 aliphatic heterocycles. The maximum absolute atomic E-state index is 2.86. The van der Waals surface area contributed by atoms with E-state index in [0.29, 0.717) is 0 Å². The molecule has 0 fully saturated rings. The Labute approximate surface area is 658 Å². The minimum atomic E-state index is -2.86. The molecule has 540 valence electrons. The lowest BCUT2D eigenvalue weighted by molar-refractivity contribution is 0.590. The minimum Gasteiger partial charge on any atom is -0.310 e. The molecule has 0 aliphatic carbocycles. The molecule has 0 bridgehead atoms. The first-order valence-electron chi connectivity index (χ1n) is 39.6. The summed E-state index contributed by atoms with van der Waals surface area (Å²) in [5, 5.41) is 7.92. The third kappa shape index (κ3) is 12.2. The van der Waals surface area contributed by atoms with Crippen molar-refractivity contribution >= 4 is 108 Å². The van der Waals surface area contributed by atoms with Gasteiger partial charge in [-0.2, -0.15) is 0 Å². The molecule has 0 spiro atoms. The van der Waals surface area contributed by atoms with Crippen molar-refractivity contribution in [2.45, 2.75) is 105 Å². The summed E-state index contributed by atoms with van der Waals surface area (Å²) in [6.45, 7) is 28.1. The normalized spacial score (nSPS) is 13.0. The number of aromatic nitrogens is 1. The molecule has 0 atom stereocenters. The van der Waals surface area contributed by atoms with Crippen molar-refractivity contribution < 1.29 is 0 Å². The number of para-hydroxylation sites is 1.